The Hall–Kier alpha value is -2.25. The smallest absolute Gasteiger partial charge is 0.241 e. The highest BCUT2D eigenvalue weighted by Crippen LogP contribution is 2.22. The number of nitrogens with zero attached hydrogens (tertiary/aromatic N) is 4. The second-order valence-electron chi connectivity index (χ2n) is 5.73. The van der Waals surface area contributed by atoms with E-state index in [-0.39, 0.29) is 5.82 Å². The fourth-order valence-corrected chi connectivity index (χ4v) is 3.48. The molecule has 1 aromatic carbocycles. The quantitative estimate of drug-likeness (QED) is 0.727. The van der Waals surface area contributed by atoms with Gasteiger partial charge in [0.15, 0.2) is 0 Å². The Labute approximate surface area is 143 Å². The second-order valence-corrected chi connectivity index (χ2v) is 6.68. The van der Waals surface area contributed by atoms with E-state index in [2.05, 4.69) is 19.9 Å². The maximum atomic E-state index is 13.0. The van der Waals surface area contributed by atoms with Gasteiger partial charge in [-0.2, -0.15) is 4.98 Å². The Morgan fingerprint density at radius 3 is 2.58 bits per heavy atom. The zero-order valence-electron chi connectivity index (χ0n) is 13.1. The van der Waals surface area contributed by atoms with Gasteiger partial charge in [0, 0.05) is 31.9 Å². The Kier molecular flexibility index (Phi) is 4.27. The first-order valence-corrected chi connectivity index (χ1v) is 8.75. The summed E-state index contributed by atoms with van der Waals surface area (Å²) in [6.07, 6.45) is 0. The molecular formula is C17H17FN4OS. The molecule has 0 N–H and O–H groups in total. The van der Waals surface area contributed by atoms with E-state index in [1.807, 2.05) is 29.6 Å². The summed E-state index contributed by atoms with van der Waals surface area (Å²) in [5.74, 6) is 1.11. The molecule has 7 heteroatoms. The Morgan fingerprint density at radius 2 is 1.88 bits per heavy atom. The predicted octanol–water partition coefficient (Wildman–Crippen LogP) is 3.26. The normalized spacial score (nSPS) is 15.8. The van der Waals surface area contributed by atoms with Crippen LogP contribution in [0.4, 0.5) is 10.1 Å². The first kappa shape index (κ1) is 15.3. The van der Waals surface area contributed by atoms with Crippen molar-refractivity contribution in [2.45, 2.75) is 6.54 Å². The van der Waals surface area contributed by atoms with Gasteiger partial charge in [0.1, 0.15) is 5.82 Å². The van der Waals surface area contributed by atoms with Crippen molar-refractivity contribution in [1.29, 1.82) is 0 Å². The lowest BCUT2D eigenvalue weighted by Crippen LogP contribution is -2.46. The van der Waals surface area contributed by atoms with Gasteiger partial charge in [0.25, 0.3) is 0 Å². The van der Waals surface area contributed by atoms with Crippen LogP contribution in [0, 0.1) is 5.82 Å². The molecule has 0 radical (unpaired) electrons. The van der Waals surface area contributed by atoms with Crippen LogP contribution in [0.15, 0.2) is 46.3 Å². The highest BCUT2D eigenvalue weighted by molar-refractivity contribution is 7.13. The molecule has 24 heavy (non-hydrogen) atoms. The van der Waals surface area contributed by atoms with Crippen LogP contribution in [0.3, 0.4) is 0 Å². The molecular weight excluding hydrogens is 327 g/mol. The van der Waals surface area contributed by atoms with Gasteiger partial charge in [-0.3, -0.25) is 4.90 Å². The van der Waals surface area contributed by atoms with Crippen molar-refractivity contribution in [1.82, 2.24) is 15.0 Å². The number of hydrogen-bond donors (Lipinski definition) is 0. The van der Waals surface area contributed by atoms with Crippen LogP contribution in [-0.4, -0.2) is 41.2 Å². The molecule has 0 aliphatic carbocycles. The number of thiophene rings is 1. The molecule has 4 rings (SSSR count). The van der Waals surface area contributed by atoms with Crippen LogP contribution >= 0.6 is 11.3 Å². The lowest BCUT2D eigenvalue weighted by Gasteiger charge is -2.35. The Balaban J connectivity index is 1.34. The van der Waals surface area contributed by atoms with E-state index in [0.29, 0.717) is 18.3 Å². The lowest BCUT2D eigenvalue weighted by molar-refractivity contribution is 0.215. The fourth-order valence-electron chi connectivity index (χ4n) is 2.83. The molecule has 0 unspecified atom stereocenters. The minimum Gasteiger partial charge on any atom is -0.369 e. The van der Waals surface area contributed by atoms with Crippen LogP contribution in [0.2, 0.25) is 0 Å². The number of aromatic nitrogens is 2. The van der Waals surface area contributed by atoms with E-state index in [0.717, 1.165) is 36.7 Å². The van der Waals surface area contributed by atoms with Crippen LogP contribution < -0.4 is 4.90 Å². The fraction of sp³-hybridized carbons (Fsp3) is 0.294. The average molecular weight is 344 g/mol. The van der Waals surface area contributed by atoms with Crippen molar-refractivity contribution in [3.8, 4) is 10.7 Å². The summed E-state index contributed by atoms with van der Waals surface area (Å²) in [7, 11) is 0. The Morgan fingerprint density at radius 1 is 1.08 bits per heavy atom. The molecule has 1 aliphatic rings. The molecule has 0 amide bonds. The monoisotopic (exact) mass is 344 g/mol. The van der Waals surface area contributed by atoms with Crippen LogP contribution in [-0.2, 0) is 6.54 Å². The van der Waals surface area contributed by atoms with E-state index in [1.165, 1.54) is 12.1 Å². The molecule has 0 saturated carbocycles. The van der Waals surface area contributed by atoms with Crippen LogP contribution in [0.5, 0.6) is 0 Å². The number of benzene rings is 1. The second kappa shape index (κ2) is 6.70. The lowest BCUT2D eigenvalue weighted by atomic mass is 10.2. The SMILES string of the molecule is Fc1ccc(N2CCN(Cc3nc(-c4cccs4)no3)CC2)cc1. The molecule has 2 aromatic heterocycles. The molecule has 0 spiro atoms. The van der Waals surface area contributed by atoms with E-state index >= 15 is 0 Å². The first-order valence-electron chi connectivity index (χ1n) is 7.87. The summed E-state index contributed by atoms with van der Waals surface area (Å²) >= 11 is 1.60. The molecule has 5 nitrogen and oxygen atoms in total. The summed E-state index contributed by atoms with van der Waals surface area (Å²) in [5, 5.41) is 6.05. The minimum absolute atomic E-state index is 0.199. The number of hydrogen-bond acceptors (Lipinski definition) is 6. The highest BCUT2D eigenvalue weighted by Gasteiger charge is 2.20. The third-order valence-corrected chi connectivity index (χ3v) is 5.00. The standard InChI is InChI=1S/C17H17FN4OS/c18-13-3-5-14(6-4-13)22-9-7-21(8-10-22)12-16-19-17(20-23-16)15-2-1-11-24-15/h1-6,11H,7-10,12H2. The third-order valence-electron chi connectivity index (χ3n) is 4.13. The van der Waals surface area contributed by atoms with Crippen LogP contribution in [0.1, 0.15) is 5.89 Å². The highest BCUT2D eigenvalue weighted by atomic mass is 32.1. The molecule has 1 fully saturated rings. The molecule has 124 valence electrons. The molecule has 3 aromatic rings. The number of piperazine rings is 1. The maximum absolute atomic E-state index is 13.0. The van der Waals surface area contributed by atoms with Crippen molar-refractivity contribution in [2.24, 2.45) is 0 Å². The van der Waals surface area contributed by atoms with Gasteiger partial charge >= 0.3 is 0 Å². The minimum atomic E-state index is -0.199. The Bertz CT molecular complexity index is 779. The van der Waals surface area contributed by atoms with Gasteiger partial charge in [-0.15, -0.1) is 11.3 Å². The van der Waals surface area contributed by atoms with Gasteiger partial charge in [-0.05, 0) is 35.7 Å². The summed E-state index contributed by atoms with van der Waals surface area (Å²) in [6, 6.07) is 10.6. The number of rotatable bonds is 4. The third kappa shape index (κ3) is 3.32. The van der Waals surface area contributed by atoms with Crippen molar-refractivity contribution in [3.05, 3.63) is 53.5 Å². The number of halogens is 1. The maximum Gasteiger partial charge on any atom is 0.241 e. The topological polar surface area (TPSA) is 45.4 Å². The van der Waals surface area contributed by atoms with Crippen LogP contribution in [0.25, 0.3) is 10.7 Å². The van der Waals surface area contributed by atoms with Crippen molar-refractivity contribution in [2.75, 3.05) is 31.1 Å². The first-order chi connectivity index (χ1) is 11.8. The van der Waals surface area contributed by atoms with Crippen molar-refractivity contribution >= 4 is 17.0 Å². The summed E-state index contributed by atoms with van der Waals surface area (Å²) < 4.78 is 18.4. The van der Waals surface area contributed by atoms with Gasteiger partial charge in [-0.1, -0.05) is 11.2 Å². The van der Waals surface area contributed by atoms with E-state index in [1.54, 1.807) is 11.3 Å². The molecule has 1 aliphatic heterocycles. The van der Waals surface area contributed by atoms with E-state index in [4.69, 9.17) is 4.52 Å². The van der Waals surface area contributed by atoms with Gasteiger partial charge in [0.2, 0.25) is 11.7 Å². The van der Waals surface area contributed by atoms with E-state index < -0.39 is 0 Å². The predicted molar refractivity (Wildman–Crippen MR) is 91.5 cm³/mol. The number of anilines is 1. The zero-order valence-corrected chi connectivity index (χ0v) is 13.9. The average Bonchev–Trinajstić information content (AvgIpc) is 3.28. The summed E-state index contributed by atoms with van der Waals surface area (Å²) in [4.78, 5) is 10.1. The van der Waals surface area contributed by atoms with Crippen molar-refractivity contribution in [3.63, 3.8) is 0 Å². The molecule has 1 saturated heterocycles. The van der Waals surface area contributed by atoms with Gasteiger partial charge in [0.05, 0.1) is 11.4 Å². The summed E-state index contributed by atoms with van der Waals surface area (Å²) in [5.41, 5.74) is 1.06. The van der Waals surface area contributed by atoms with Gasteiger partial charge in [-0.25, -0.2) is 4.39 Å². The molecule has 3 heterocycles. The molecule has 0 bridgehead atoms. The summed E-state index contributed by atoms with van der Waals surface area (Å²) in [6.45, 7) is 4.28. The van der Waals surface area contributed by atoms with Gasteiger partial charge < -0.3 is 9.42 Å². The molecule has 0 atom stereocenters. The van der Waals surface area contributed by atoms with Crippen molar-refractivity contribution < 1.29 is 8.91 Å². The largest absolute Gasteiger partial charge is 0.369 e. The van der Waals surface area contributed by atoms with E-state index in [9.17, 15) is 4.39 Å². The zero-order chi connectivity index (χ0) is 16.4.